The van der Waals surface area contributed by atoms with E-state index in [0.29, 0.717) is 12.8 Å². The Morgan fingerprint density at radius 3 is 1.00 bits per heavy atom. The Balaban J connectivity index is -0.000000453. The minimum Gasteiger partial charge on any atom is -0.300 e. The van der Waals surface area contributed by atoms with Crippen molar-refractivity contribution in [2.24, 2.45) is 0 Å². The standard InChI is InChI=1S/C14H12O.C8H10.2C4H8O.C3H6O.CH4/c1-11-7-9-13(10-8-11)14(15)12-5-3-2-4-6-12;1-7-3-5-8(2)6-4-7;2*1-3-4(2)5;1-3(2)4;/h2-10H,1H3;3-6H,1-2H3;2*3H2,1-2H3;1-2H3;1H4. The van der Waals surface area contributed by atoms with Gasteiger partial charge in [-0.3, -0.25) is 4.79 Å². The smallest absolute Gasteiger partial charge is 0.193 e. The van der Waals surface area contributed by atoms with Crippen LogP contribution in [0.5, 0.6) is 0 Å². The zero-order valence-electron chi connectivity index (χ0n) is 24.1. The lowest BCUT2D eigenvalue weighted by atomic mass is 10.0. The van der Waals surface area contributed by atoms with E-state index >= 15 is 0 Å². The maximum atomic E-state index is 12.0. The fourth-order valence-electron chi connectivity index (χ4n) is 2.10. The number of hydrogen-bond donors (Lipinski definition) is 0. The first-order valence-electron chi connectivity index (χ1n) is 12.5. The van der Waals surface area contributed by atoms with Crippen molar-refractivity contribution in [2.45, 2.75) is 82.6 Å². The van der Waals surface area contributed by atoms with E-state index < -0.39 is 0 Å². The average molecular weight is 521 g/mol. The molecule has 4 nitrogen and oxygen atoms in total. The maximum absolute atomic E-state index is 12.0. The fourth-order valence-corrected chi connectivity index (χ4v) is 2.10. The second-order valence-corrected chi connectivity index (χ2v) is 8.74. The van der Waals surface area contributed by atoms with Crippen molar-refractivity contribution >= 4 is 23.1 Å². The molecule has 0 bridgehead atoms. The van der Waals surface area contributed by atoms with E-state index in [-0.39, 0.29) is 30.6 Å². The number of benzene rings is 3. The summed E-state index contributed by atoms with van der Waals surface area (Å²) in [7, 11) is 0. The van der Waals surface area contributed by atoms with Gasteiger partial charge < -0.3 is 14.4 Å². The normalized spacial score (nSPS) is 8.55. The molecule has 0 amide bonds. The van der Waals surface area contributed by atoms with E-state index in [4.69, 9.17) is 0 Å². The molecule has 0 spiro atoms. The second kappa shape index (κ2) is 23.7. The first-order chi connectivity index (χ1) is 17.3. The molecule has 0 radical (unpaired) electrons. The minimum atomic E-state index is 0. The van der Waals surface area contributed by atoms with Crippen molar-refractivity contribution in [2.75, 3.05) is 0 Å². The molecule has 208 valence electrons. The quantitative estimate of drug-likeness (QED) is 0.323. The van der Waals surface area contributed by atoms with Crippen LogP contribution in [-0.2, 0) is 14.4 Å². The predicted molar refractivity (Wildman–Crippen MR) is 162 cm³/mol. The van der Waals surface area contributed by atoms with Gasteiger partial charge in [-0.1, -0.05) is 117 Å². The molecule has 3 aromatic rings. The van der Waals surface area contributed by atoms with Gasteiger partial charge in [0, 0.05) is 24.0 Å². The number of rotatable bonds is 4. The number of aryl methyl sites for hydroxylation is 3. The van der Waals surface area contributed by atoms with Crippen LogP contribution in [0.25, 0.3) is 0 Å². The molecule has 3 rings (SSSR count). The third-order valence-electron chi connectivity index (χ3n) is 4.56. The lowest BCUT2D eigenvalue weighted by Crippen LogP contribution is -2.00. The molecule has 0 aliphatic heterocycles. The van der Waals surface area contributed by atoms with E-state index in [9.17, 15) is 19.2 Å². The average Bonchev–Trinajstić information content (AvgIpc) is 2.87. The van der Waals surface area contributed by atoms with Crippen LogP contribution in [0, 0.1) is 20.8 Å². The summed E-state index contributed by atoms with van der Waals surface area (Å²) >= 11 is 0. The Morgan fingerprint density at radius 2 is 0.737 bits per heavy atom. The van der Waals surface area contributed by atoms with Crippen molar-refractivity contribution in [1.82, 2.24) is 0 Å². The Kier molecular flexibility index (Phi) is 24.3. The van der Waals surface area contributed by atoms with E-state index in [1.807, 2.05) is 75.4 Å². The number of carbonyl (C=O) groups excluding carboxylic acids is 4. The monoisotopic (exact) mass is 520 g/mol. The van der Waals surface area contributed by atoms with Crippen LogP contribution in [0.3, 0.4) is 0 Å². The Bertz CT molecular complexity index is 1010. The SMILES string of the molecule is C.CC(C)=O.CCC(C)=O.CCC(C)=O.Cc1ccc(C(=O)c2ccccc2)cc1.Cc1ccc(C)cc1. The number of carbonyl (C=O) groups is 4. The summed E-state index contributed by atoms with van der Waals surface area (Å²) in [5, 5.41) is 0. The fraction of sp³-hybridized carbons (Fsp3) is 0.353. The topological polar surface area (TPSA) is 68.3 Å². The van der Waals surface area contributed by atoms with Gasteiger partial charge in [0.25, 0.3) is 0 Å². The van der Waals surface area contributed by atoms with Gasteiger partial charge >= 0.3 is 0 Å². The van der Waals surface area contributed by atoms with Gasteiger partial charge in [-0.25, -0.2) is 0 Å². The van der Waals surface area contributed by atoms with Crippen molar-refractivity contribution in [3.63, 3.8) is 0 Å². The third-order valence-corrected chi connectivity index (χ3v) is 4.56. The Hall–Kier alpha value is -3.66. The van der Waals surface area contributed by atoms with Crippen LogP contribution >= 0.6 is 0 Å². The largest absolute Gasteiger partial charge is 0.300 e. The Morgan fingerprint density at radius 1 is 0.500 bits per heavy atom. The van der Waals surface area contributed by atoms with Crippen LogP contribution in [0.4, 0.5) is 0 Å². The molecule has 0 N–H and O–H groups in total. The molecule has 0 saturated heterocycles. The van der Waals surface area contributed by atoms with Gasteiger partial charge in [-0.2, -0.15) is 0 Å². The summed E-state index contributed by atoms with van der Waals surface area (Å²) in [6.45, 7) is 16.1. The predicted octanol–water partition coefficient (Wildman–Crippen LogP) is 8.73. The number of hydrogen-bond acceptors (Lipinski definition) is 4. The highest BCUT2D eigenvalue weighted by Gasteiger charge is 2.06. The van der Waals surface area contributed by atoms with Crippen molar-refractivity contribution in [1.29, 1.82) is 0 Å². The van der Waals surface area contributed by atoms with Gasteiger partial charge in [-0.05, 0) is 48.5 Å². The summed E-state index contributed by atoms with van der Waals surface area (Å²) < 4.78 is 0. The molecule has 38 heavy (non-hydrogen) atoms. The van der Waals surface area contributed by atoms with Crippen molar-refractivity contribution in [3.8, 4) is 0 Å². The summed E-state index contributed by atoms with van der Waals surface area (Å²) in [6.07, 6.45) is 1.33. The maximum Gasteiger partial charge on any atom is 0.193 e. The van der Waals surface area contributed by atoms with Crippen LogP contribution < -0.4 is 0 Å². The van der Waals surface area contributed by atoms with Gasteiger partial charge in [-0.15, -0.1) is 0 Å². The lowest BCUT2D eigenvalue weighted by molar-refractivity contribution is -0.117. The van der Waals surface area contributed by atoms with Gasteiger partial charge in [0.05, 0.1) is 0 Å². The lowest BCUT2D eigenvalue weighted by Gasteiger charge is -2.00. The zero-order valence-corrected chi connectivity index (χ0v) is 24.1. The van der Waals surface area contributed by atoms with Crippen LogP contribution in [0.2, 0.25) is 0 Å². The molecule has 0 saturated carbocycles. The number of Topliss-reactive ketones (excluding diaryl/α,β-unsaturated/α-hetero) is 3. The van der Waals surface area contributed by atoms with E-state index in [0.717, 1.165) is 11.1 Å². The van der Waals surface area contributed by atoms with Gasteiger partial charge in [0.2, 0.25) is 0 Å². The molecule has 0 unspecified atom stereocenters. The summed E-state index contributed by atoms with van der Waals surface area (Å²) in [5.74, 6) is 0.755. The second-order valence-electron chi connectivity index (χ2n) is 8.74. The Labute approximate surface area is 231 Å². The molecule has 3 aromatic carbocycles. The molecular formula is C34H48O4. The first kappa shape index (κ1) is 38.9. The van der Waals surface area contributed by atoms with E-state index in [1.165, 1.54) is 30.5 Å². The molecule has 0 aliphatic rings. The van der Waals surface area contributed by atoms with E-state index in [2.05, 4.69) is 38.1 Å². The highest BCUT2D eigenvalue weighted by molar-refractivity contribution is 6.08. The van der Waals surface area contributed by atoms with Crippen LogP contribution in [-0.4, -0.2) is 23.1 Å². The summed E-state index contributed by atoms with van der Waals surface area (Å²) in [5.41, 5.74) is 5.30. The molecule has 0 aliphatic carbocycles. The summed E-state index contributed by atoms with van der Waals surface area (Å²) in [6, 6.07) is 25.5. The molecule has 0 heterocycles. The highest BCUT2D eigenvalue weighted by atomic mass is 16.1. The van der Waals surface area contributed by atoms with Gasteiger partial charge in [0.1, 0.15) is 17.3 Å². The molecule has 0 aromatic heterocycles. The van der Waals surface area contributed by atoms with Crippen molar-refractivity contribution in [3.05, 3.63) is 107 Å². The molecule has 0 atom stereocenters. The van der Waals surface area contributed by atoms with Crippen LogP contribution in [0.1, 0.15) is 94.4 Å². The molecule has 0 fully saturated rings. The van der Waals surface area contributed by atoms with Crippen molar-refractivity contribution < 1.29 is 19.2 Å². The third kappa shape index (κ3) is 24.1. The highest BCUT2D eigenvalue weighted by Crippen LogP contribution is 2.10. The minimum absolute atomic E-state index is 0. The molecular weight excluding hydrogens is 472 g/mol. The summed E-state index contributed by atoms with van der Waals surface area (Å²) in [4.78, 5) is 41.0. The zero-order chi connectivity index (χ0) is 28.8. The molecule has 4 heteroatoms. The number of ketones is 4. The van der Waals surface area contributed by atoms with Gasteiger partial charge in [0.15, 0.2) is 5.78 Å². The van der Waals surface area contributed by atoms with E-state index in [1.54, 1.807) is 13.8 Å². The first-order valence-corrected chi connectivity index (χ1v) is 12.5. The van der Waals surface area contributed by atoms with Crippen LogP contribution in [0.15, 0.2) is 78.9 Å².